The van der Waals surface area contributed by atoms with Gasteiger partial charge in [0.15, 0.2) is 0 Å². The summed E-state index contributed by atoms with van der Waals surface area (Å²) in [6, 6.07) is 1.94. The first kappa shape index (κ1) is 14.3. The van der Waals surface area contributed by atoms with Gasteiger partial charge >= 0.3 is 6.03 Å². The van der Waals surface area contributed by atoms with Crippen molar-refractivity contribution in [3.63, 3.8) is 0 Å². The van der Waals surface area contributed by atoms with Crippen molar-refractivity contribution in [2.45, 2.75) is 31.4 Å². The Balaban J connectivity index is 1.61. The van der Waals surface area contributed by atoms with Crippen molar-refractivity contribution in [3.8, 4) is 0 Å². The van der Waals surface area contributed by atoms with Gasteiger partial charge in [-0.3, -0.25) is 0 Å². The predicted molar refractivity (Wildman–Crippen MR) is 74.3 cm³/mol. The van der Waals surface area contributed by atoms with E-state index in [2.05, 4.69) is 10.6 Å². The van der Waals surface area contributed by atoms with Gasteiger partial charge in [-0.05, 0) is 41.7 Å². The molecule has 6 heteroatoms. The number of amides is 2. The molecule has 2 heterocycles. The first-order valence-corrected chi connectivity index (χ1v) is 7.52. The average Bonchev–Trinajstić information content (AvgIpc) is 2.93. The molecular formula is C13H20N2O3S. The van der Waals surface area contributed by atoms with E-state index in [-0.39, 0.29) is 12.1 Å². The van der Waals surface area contributed by atoms with E-state index in [0.717, 1.165) is 18.4 Å². The number of hydrogen-bond donors (Lipinski definition) is 3. The van der Waals surface area contributed by atoms with Gasteiger partial charge in [-0.15, -0.1) is 0 Å². The highest BCUT2D eigenvalue weighted by Gasteiger charge is 2.16. The van der Waals surface area contributed by atoms with Gasteiger partial charge in [-0.2, -0.15) is 11.3 Å². The fourth-order valence-corrected chi connectivity index (χ4v) is 2.74. The summed E-state index contributed by atoms with van der Waals surface area (Å²) in [6.45, 7) is 1.88. The van der Waals surface area contributed by atoms with Crippen molar-refractivity contribution in [1.82, 2.24) is 10.6 Å². The van der Waals surface area contributed by atoms with Gasteiger partial charge in [0.2, 0.25) is 0 Å². The Bertz CT molecular complexity index is 377. The summed E-state index contributed by atoms with van der Waals surface area (Å²) in [4.78, 5) is 11.6. The minimum absolute atomic E-state index is 0.163. The standard InChI is InChI=1S/C13H20N2O3S/c16-12(10-4-8-19-9-10)1-5-14-13(17)15-11-2-6-18-7-3-11/h4,8-9,11-12,16H,1-3,5-7H2,(H2,14,15,17). The van der Waals surface area contributed by atoms with E-state index in [1.807, 2.05) is 16.8 Å². The van der Waals surface area contributed by atoms with Gasteiger partial charge in [0, 0.05) is 25.8 Å². The van der Waals surface area contributed by atoms with Gasteiger partial charge in [-0.25, -0.2) is 4.79 Å². The second-order valence-electron chi connectivity index (χ2n) is 4.65. The number of thiophene rings is 1. The molecule has 106 valence electrons. The molecule has 1 saturated heterocycles. The average molecular weight is 284 g/mol. The van der Waals surface area contributed by atoms with Crippen LogP contribution in [0.15, 0.2) is 16.8 Å². The highest BCUT2D eigenvalue weighted by atomic mass is 32.1. The summed E-state index contributed by atoms with van der Waals surface area (Å²) >= 11 is 1.56. The number of nitrogens with one attached hydrogen (secondary N) is 2. The third kappa shape index (κ3) is 4.81. The highest BCUT2D eigenvalue weighted by molar-refractivity contribution is 7.07. The molecule has 1 unspecified atom stereocenters. The topological polar surface area (TPSA) is 70.6 Å². The molecule has 0 radical (unpaired) electrons. The van der Waals surface area contributed by atoms with Crippen LogP contribution in [0.1, 0.15) is 30.9 Å². The second kappa shape index (κ2) is 7.47. The molecule has 2 rings (SSSR count). The smallest absolute Gasteiger partial charge is 0.315 e. The van der Waals surface area contributed by atoms with Gasteiger partial charge in [0.05, 0.1) is 6.10 Å². The maximum absolute atomic E-state index is 11.6. The van der Waals surface area contributed by atoms with Gasteiger partial charge < -0.3 is 20.5 Å². The Hall–Kier alpha value is -1.11. The molecule has 0 bridgehead atoms. The zero-order valence-electron chi connectivity index (χ0n) is 10.8. The Morgan fingerprint density at radius 1 is 1.53 bits per heavy atom. The maximum atomic E-state index is 11.6. The summed E-state index contributed by atoms with van der Waals surface area (Å²) < 4.78 is 5.23. The van der Waals surface area contributed by atoms with Crippen molar-refractivity contribution in [2.75, 3.05) is 19.8 Å². The summed E-state index contributed by atoms with van der Waals surface area (Å²) in [5.74, 6) is 0. The fraction of sp³-hybridized carbons (Fsp3) is 0.615. The molecule has 2 amide bonds. The Kier molecular flexibility index (Phi) is 5.62. The SMILES string of the molecule is O=C(NCCC(O)c1ccsc1)NC1CCOCC1. The quantitative estimate of drug-likeness (QED) is 0.770. The minimum atomic E-state index is -0.505. The molecule has 0 saturated carbocycles. The van der Waals surface area contributed by atoms with Crippen molar-refractivity contribution in [1.29, 1.82) is 0 Å². The van der Waals surface area contributed by atoms with Crippen molar-refractivity contribution in [3.05, 3.63) is 22.4 Å². The zero-order chi connectivity index (χ0) is 13.5. The molecule has 1 atom stereocenters. The van der Waals surface area contributed by atoms with Crippen LogP contribution < -0.4 is 10.6 Å². The molecule has 1 aromatic rings. The molecule has 0 aliphatic carbocycles. The van der Waals surface area contributed by atoms with E-state index in [9.17, 15) is 9.90 Å². The fourth-order valence-electron chi connectivity index (χ4n) is 2.03. The minimum Gasteiger partial charge on any atom is -0.388 e. The Morgan fingerprint density at radius 3 is 3.00 bits per heavy atom. The number of aliphatic hydroxyl groups excluding tert-OH is 1. The molecule has 0 spiro atoms. The van der Waals surface area contributed by atoms with E-state index >= 15 is 0 Å². The lowest BCUT2D eigenvalue weighted by molar-refractivity contribution is 0.0800. The van der Waals surface area contributed by atoms with Crippen LogP contribution in [0.5, 0.6) is 0 Å². The monoisotopic (exact) mass is 284 g/mol. The molecule has 1 aromatic heterocycles. The van der Waals surface area contributed by atoms with Gasteiger partial charge in [0.1, 0.15) is 0 Å². The van der Waals surface area contributed by atoms with E-state index < -0.39 is 6.10 Å². The summed E-state index contributed by atoms with van der Waals surface area (Å²) in [6.07, 6.45) is 1.75. The number of aliphatic hydroxyl groups is 1. The third-order valence-electron chi connectivity index (χ3n) is 3.19. The number of carbonyl (C=O) groups is 1. The zero-order valence-corrected chi connectivity index (χ0v) is 11.6. The highest BCUT2D eigenvalue weighted by Crippen LogP contribution is 2.18. The van der Waals surface area contributed by atoms with Crippen molar-refractivity contribution >= 4 is 17.4 Å². The molecule has 1 aliphatic rings. The molecule has 5 nitrogen and oxygen atoms in total. The maximum Gasteiger partial charge on any atom is 0.315 e. The second-order valence-corrected chi connectivity index (χ2v) is 5.43. The van der Waals surface area contributed by atoms with Crippen LogP contribution in [0.3, 0.4) is 0 Å². The molecule has 1 aliphatic heterocycles. The van der Waals surface area contributed by atoms with E-state index in [4.69, 9.17) is 4.74 Å². The number of urea groups is 1. The lowest BCUT2D eigenvalue weighted by Gasteiger charge is -2.23. The van der Waals surface area contributed by atoms with Crippen LogP contribution in [0, 0.1) is 0 Å². The van der Waals surface area contributed by atoms with Crippen molar-refractivity contribution < 1.29 is 14.6 Å². The van der Waals surface area contributed by atoms with Crippen LogP contribution in [0.25, 0.3) is 0 Å². The van der Waals surface area contributed by atoms with Crippen LogP contribution in [0.4, 0.5) is 4.79 Å². The van der Waals surface area contributed by atoms with E-state index in [1.54, 1.807) is 11.3 Å². The first-order chi connectivity index (χ1) is 9.25. The van der Waals surface area contributed by atoms with E-state index in [1.165, 1.54) is 0 Å². The normalized spacial score (nSPS) is 17.9. The predicted octanol–water partition coefficient (Wildman–Crippen LogP) is 1.65. The number of rotatable bonds is 5. The number of hydrogen-bond acceptors (Lipinski definition) is 4. The molecule has 0 aromatic carbocycles. The van der Waals surface area contributed by atoms with Gasteiger partial charge in [-0.1, -0.05) is 0 Å². The molecular weight excluding hydrogens is 264 g/mol. The van der Waals surface area contributed by atoms with Crippen LogP contribution in [0.2, 0.25) is 0 Å². The molecule has 19 heavy (non-hydrogen) atoms. The lowest BCUT2D eigenvalue weighted by atomic mass is 10.1. The van der Waals surface area contributed by atoms with Crippen LogP contribution >= 0.6 is 11.3 Å². The van der Waals surface area contributed by atoms with Crippen LogP contribution in [-0.2, 0) is 4.74 Å². The van der Waals surface area contributed by atoms with Crippen LogP contribution in [-0.4, -0.2) is 36.9 Å². The Morgan fingerprint density at radius 2 is 2.32 bits per heavy atom. The van der Waals surface area contributed by atoms with Crippen molar-refractivity contribution in [2.24, 2.45) is 0 Å². The van der Waals surface area contributed by atoms with E-state index in [0.29, 0.717) is 26.2 Å². The summed E-state index contributed by atoms with van der Waals surface area (Å²) in [5, 5.41) is 19.4. The van der Waals surface area contributed by atoms with Gasteiger partial charge in [0.25, 0.3) is 0 Å². The number of carbonyl (C=O) groups excluding carboxylic acids is 1. The molecule has 1 fully saturated rings. The number of ether oxygens (including phenoxy) is 1. The summed E-state index contributed by atoms with van der Waals surface area (Å²) in [7, 11) is 0. The third-order valence-corrected chi connectivity index (χ3v) is 3.89. The lowest BCUT2D eigenvalue weighted by Crippen LogP contribution is -2.44. The first-order valence-electron chi connectivity index (χ1n) is 6.58. The largest absolute Gasteiger partial charge is 0.388 e. The molecule has 3 N–H and O–H groups in total. The Labute approximate surface area is 117 Å². The summed E-state index contributed by atoms with van der Waals surface area (Å²) in [5.41, 5.74) is 0.914.